The van der Waals surface area contributed by atoms with E-state index in [1.165, 1.54) is 18.9 Å². The van der Waals surface area contributed by atoms with E-state index in [1.807, 2.05) is 25.7 Å². The van der Waals surface area contributed by atoms with Gasteiger partial charge in [0.2, 0.25) is 0 Å². The Morgan fingerprint density at radius 2 is 2.04 bits per heavy atom. The van der Waals surface area contributed by atoms with Crippen molar-refractivity contribution in [1.29, 1.82) is 0 Å². The summed E-state index contributed by atoms with van der Waals surface area (Å²) in [5.74, 6) is 0.391. The number of halogens is 1. The van der Waals surface area contributed by atoms with Crippen molar-refractivity contribution >= 4 is 17.7 Å². The monoisotopic (exact) mass is 380 g/mol. The Labute approximate surface area is 160 Å². The zero-order valence-electron chi connectivity index (χ0n) is 16.0. The molecule has 1 saturated carbocycles. The van der Waals surface area contributed by atoms with Gasteiger partial charge in [-0.2, -0.15) is 0 Å². The van der Waals surface area contributed by atoms with E-state index in [4.69, 9.17) is 16.3 Å². The largest absolute Gasteiger partial charge is 0.444 e. The van der Waals surface area contributed by atoms with Crippen molar-refractivity contribution in [3.8, 4) is 0 Å². The van der Waals surface area contributed by atoms with Crippen LogP contribution in [0, 0.1) is 11.3 Å². The lowest BCUT2D eigenvalue weighted by Gasteiger charge is -2.46. The summed E-state index contributed by atoms with van der Waals surface area (Å²) in [7, 11) is 0. The topological polar surface area (TPSA) is 51.5 Å². The molecule has 6 heteroatoms. The summed E-state index contributed by atoms with van der Waals surface area (Å²) < 4.78 is 7.35. The number of hydrogen-bond donors (Lipinski definition) is 0. The predicted molar refractivity (Wildman–Crippen MR) is 103 cm³/mol. The Hall–Kier alpha value is -1.49. The fourth-order valence-corrected chi connectivity index (χ4v) is 4.64. The third kappa shape index (κ3) is 4.25. The number of pyridine rings is 1. The highest BCUT2D eigenvalue weighted by molar-refractivity contribution is 6.30. The van der Waals surface area contributed by atoms with E-state index in [-0.39, 0.29) is 17.1 Å². The van der Waals surface area contributed by atoms with Gasteiger partial charge in [-0.15, -0.1) is 0 Å². The number of likely N-dealkylation sites (tertiary alicyclic amines) is 1. The molecule has 144 valence electrons. The van der Waals surface area contributed by atoms with Gasteiger partial charge in [0.1, 0.15) is 5.60 Å². The van der Waals surface area contributed by atoms with E-state index in [9.17, 15) is 9.59 Å². The van der Waals surface area contributed by atoms with E-state index in [1.54, 1.807) is 16.8 Å². The molecular formula is C20H29ClN2O3. The number of ether oxygens (including phenoxy) is 1. The van der Waals surface area contributed by atoms with Gasteiger partial charge in [0.15, 0.2) is 0 Å². The third-order valence-corrected chi connectivity index (χ3v) is 5.98. The highest BCUT2D eigenvalue weighted by atomic mass is 35.5. The Balaban J connectivity index is 1.76. The molecule has 2 fully saturated rings. The van der Waals surface area contributed by atoms with Crippen molar-refractivity contribution in [2.24, 2.45) is 11.3 Å². The number of carbonyl (C=O) groups is 1. The van der Waals surface area contributed by atoms with Gasteiger partial charge in [-0.25, -0.2) is 4.79 Å². The Kier molecular flexibility index (Phi) is 5.38. The van der Waals surface area contributed by atoms with Gasteiger partial charge >= 0.3 is 6.09 Å². The molecule has 3 rings (SSSR count). The quantitative estimate of drug-likeness (QED) is 0.767. The first-order valence-corrected chi connectivity index (χ1v) is 9.90. The summed E-state index contributed by atoms with van der Waals surface area (Å²) in [4.78, 5) is 26.7. The first-order valence-electron chi connectivity index (χ1n) is 9.52. The molecule has 2 aliphatic rings. The van der Waals surface area contributed by atoms with Crippen LogP contribution in [-0.2, 0) is 11.3 Å². The minimum atomic E-state index is -0.479. The zero-order valence-corrected chi connectivity index (χ0v) is 16.7. The molecule has 1 aliphatic carbocycles. The number of carbonyl (C=O) groups excluding carboxylic acids is 1. The second-order valence-corrected chi connectivity index (χ2v) is 9.23. The number of piperidine rings is 1. The van der Waals surface area contributed by atoms with Crippen molar-refractivity contribution in [2.75, 3.05) is 13.1 Å². The summed E-state index contributed by atoms with van der Waals surface area (Å²) in [6.07, 6.45) is 7.06. The minimum Gasteiger partial charge on any atom is -0.444 e. The number of hydrogen-bond acceptors (Lipinski definition) is 3. The van der Waals surface area contributed by atoms with Crippen molar-refractivity contribution in [1.82, 2.24) is 9.47 Å². The summed E-state index contributed by atoms with van der Waals surface area (Å²) in [5, 5.41) is 0.474. The molecule has 1 unspecified atom stereocenters. The molecule has 26 heavy (non-hydrogen) atoms. The molecule has 0 radical (unpaired) electrons. The lowest BCUT2D eigenvalue weighted by atomic mass is 9.69. The molecule has 1 amide bonds. The fraction of sp³-hybridized carbons (Fsp3) is 0.700. The van der Waals surface area contributed by atoms with Gasteiger partial charge in [-0.1, -0.05) is 24.4 Å². The average molecular weight is 381 g/mol. The summed E-state index contributed by atoms with van der Waals surface area (Å²) in [6, 6.07) is 3.23. The molecule has 1 spiro atoms. The Morgan fingerprint density at radius 3 is 2.65 bits per heavy atom. The molecule has 1 aromatic rings. The maximum absolute atomic E-state index is 12.5. The molecule has 2 heterocycles. The van der Waals surface area contributed by atoms with E-state index in [0.717, 1.165) is 25.8 Å². The van der Waals surface area contributed by atoms with Crippen LogP contribution in [0.15, 0.2) is 23.1 Å². The summed E-state index contributed by atoms with van der Waals surface area (Å²) in [5.41, 5.74) is -0.443. The molecule has 1 atom stereocenters. The maximum atomic E-state index is 12.5. The SMILES string of the molecule is CC(C)(C)OC(=O)N1CCC(Cn2ccc(Cl)cc2=O)C2(CCCC2)C1. The van der Waals surface area contributed by atoms with Crippen LogP contribution in [0.25, 0.3) is 0 Å². The molecular weight excluding hydrogens is 352 g/mol. The van der Waals surface area contributed by atoms with Crippen LogP contribution >= 0.6 is 11.6 Å². The third-order valence-electron chi connectivity index (χ3n) is 5.75. The van der Waals surface area contributed by atoms with Crippen LogP contribution in [0.5, 0.6) is 0 Å². The molecule has 0 bridgehead atoms. The van der Waals surface area contributed by atoms with Gasteiger partial charge in [0, 0.05) is 36.9 Å². The zero-order chi connectivity index (χ0) is 18.9. The number of amides is 1. The molecule has 0 N–H and O–H groups in total. The molecule has 0 aromatic carbocycles. The van der Waals surface area contributed by atoms with Crippen molar-refractivity contribution in [2.45, 2.75) is 65.0 Å². The summed E-state index contributed by atoms with van der Waals surface area (Å²) in [6.45, 7) is 7.80. The van der Waals surface area contributed by atoms with Crippen LogP contribution in [0.1, 0.15) is 52.9 Å². The Morgan fingerprint density at radius 1 is 1.35 bits per heavy atom. The normalized spacial score (nSPS) is 22.6. The molecule has 1 aliphatic heterocycles. The summed E-state index contributed by atoms with van der Waals surface area (Å²) >= 11 is 5.92. The van der Waals surface area contributed by atoms with Crippen molar-refractivity contribution in [3.05, 3.63) is 33.7 Å². The van der Waals surface area contributed by atoms with Gasteiger partial charge in [0.25, 0.3) is 5.56 Å². The van der Waals surface area contributed by atoms with Gasteiger partial charge < -0.3 is 14.2 Å². The average Bonchev–Trinajstić information content (AvgIpc) is 2.99. The van der Waals surface area contributed by atoms with Crippen LogP contribution in [0.2, 0.25) is 5.02 Å². The van der Waals surface area contributed by atoms with Crippen LogP contribution in [0.4, 0.5) is 4.79 Å². The van der Waals surface area contributed by atoms with Crippen LogP contribution < -0.4 is 5.56 Å². The lowest BCUT2D eigenvalue weighted by Crippen LogP contribution is -2.52. The van der Waals surface area contributed by atoms with Crippen molar-refractivity contribution in [3.63, 3.8) is 0 Å². The maximum Gasteiger partial charge on any atom is 0.410 e. The number of aromatic nitrogens is 1. The minimum absolute atomic E-state index is 0.0554. The number of rotatable bonds is 2. The molecule has 1 saturated heterocycles. The first-order chi connectivity index (χ1) is 12.2. The second-order valence-electron chi connectivity index (χ2n) is 8.79. The fourth-order valence-electron chi connectivity index (χ4n) is 4.49. The van der Waals surface area contributed by atoms with Gasteiger partial charge in [-0.3, -0.25) is 4.79 Å². The van der Waals surface area contributed by atoms with E-state index >= 15 is 0 Å². The lowest BCUT2D eigenvalue weighted by molar-refractivity contribution is -0.0156. The molecule has 5 nitrogen and oxygen atoms in total. The first kappa shape index (κ1) is 19.3. The highest BCUT2D eigenvalue weighted by Gasteiger charge is 2.46. The smallest absolute Gasteiger partial charge is 0.410 e. The van der Waals surface area contributed by atoms with Crippen LogP contribution in [0.3, 0.4) is 0 Å². The Bertz CT molecular complexity index is 717. The van der Waals surface area contributed by atoms with E-state index in [2.05, 4.69) is 0 Å². The number of nitrogens with zero attached hydrogens (tertiary/aromatic N) is 2. The highest BCUT2D eigenvalue weighted by Crippen LogP contribution is 2.49. The van der Waals surface area contributed by atoms with Gasteiger partial charge in [-0.05, 0) is 57.4 Å². The molecule has 1 aromatic heterocycles. The van der Waals surface area contributed by atoms with E-state index in [0.29, 0.717) is 24.0 Å². The predicted octanol–water partition coefficient (Wildman–Crippen LogP) is 4.32. The standard InChI is InChI=1S/C20H29ClN2O3/c1-19(2,3)26-18(25)23-10-6-15(20(14-23)8-4-5-9-20)13-22-11-7-16(21)12-17(22)24/h7,11-12,15H,4-6,8-10,13-14H2,1-3H3. The van der Waals surface area contributed by atoms with E-state index < -0.39 is 5.60 Å². The second kappa shape index (κ2) is 7.26. The van der Waals surface area contributed by atoms with Gasteiger partial charge in [0.05, 0.1) is 0 Å². The van der Waals surface area contributed by atoms with Crippen molar-refractivity contribution < 1.29 is 9.53 Å². The van der Waals surface area contributed by atoms with Crippen LogP contribution in [-0.4, -0.2) is 34.3 Å².